The van der Waals surface area contributed by atoms with E-state index >= 15 is 0 Å². The largest absolute Gasteiger partial charge is 0.436 e. The van der Waals surface area contributed by atoms with Crippen molar-refractivity contribution in [3.8, 4) is 23.7 Å². The van der Waals surface area contributed by atoms with E-state index in [-0.39, 0.29) is 12.1 Å². The van der Waals surface area contributed by atoms with Gasteiger partial charge in [0.25, 0.3) is 0 Å². The fourth-order valence-corrected chi connectivity index (χ4v) is 1.76. The SMILES string of the molecule is C/C=C/C#CC#C/C=C/C=C/C1CCCC(OC(C)=O)O1. The normalized spacial score (nSPS) is 21.8. The fraction of sp³-hybridized carbons (Fsp3) is 0.389. The van der Waals surface area contributed by atoms with Crippen LogP contribution in [0.1, 0.15) is 33.1 Å². The van der Waals surface area contributed by atoms with Crippen molar-refractivity contribution < 1.29 is 14.3 Å². The van der Waals surface area contributed by atoms with Gasteiger partial charge in [0.2, 0.25) is 6.29 Å². The zero-order valence-electron chi connectivity index (χ0n) is 12.5. The van der Waals surface area contributed by atoms with Crippen LogP contribution in [0.5, 0.6) is 0 Å². The van der Waals surface area contributed by atoms with Crippen molar-refractivity contribution in [2.24, 2.45) is 0 Å². The fourth-order valence-electron chi connectivity index (χ4n) is 1.76. The van der Waals surface area contributed by atoms with Crippen molar-refractivity contribution in [2.75, 3.05) is 0 Å². The van der Waals surface area contributed by atoms with Gasteiger partial charge in [0, 0.05) is 13.3 Å². The maximum atomic E-state index is 10.9. The third kappa shape index (κ3) is 8.52. The van der Waals surface area contributed by atoms with Gasteiger partial charge in [-0.25, -0.2) is 0 Å². The highest BCUT2D eigenvalue weighted by atomic mass is 16.7. The van der Waals surface area contributed by atoms with Gasteiger partial charge in [-0.1, -0.05) is 36.1 Å². The van der Waals surface area contributed by atoms with Crippen molar-refractivity contribution in [1.82, 2.24) is 0 Å². The van der Waals surface area contributed by atoms with Gasteiger partial charge in [0.1, 0.15) is 0 Å². The molecule has 110 valence electrons. The molecule has 0 N–H and O–H groups in total. The molecule has 2 unspecified atom stereocenters. The van der Waals surface area contributed by atoms with E-state index in [9.17, 15) is 4.79 Å². The molecule has 21 heavy (non-hydrogen) atoms. The van der Waals surface area contributed by atoms with E-state index in [1.165, 1.54) is 6.92 Å². The molecule has 1 fully saturated rings. The molecule has 0 radical (unpaired) electrons. The van der Waals surface area contributed by atoms with Gasteiger partial charge in [0.15, 0.2) is 0 Å². The van der Waals surface area contributed by atoms with E-state index in [2.05, 4.69) is 23.7 Å². The van der Waals surface area contributed by atoms with Gasteiger partial charge < -0.3 is 9.47 Å². The van der Waals surface area contributed by atoms with Gasteiger partial charge in [-0.05, 0) is 43.8 Å². The highest BCUT2D eigenvalue weighted by molar-refractivity contribution is 5.66. The van der Waals surface area contributed by atoms with Crippen LogP contribution in [0.2, 0.25) is 0 Å². The minimum Gasteiger partial charge on any atom is -0.436 e. The third-order valence-electron chi connectivity index (χ3n) is 2.63. The van der Waals surface area contributed by atoms with Crippen LogP contribution in [0, 0.1) is 23.7 Å². The van der Waals surface area contributed by atoms with Gasteiger partial charge in [-0.2, -0.15) is 0 Å². The van der Waals surface area contributed by atoms with E-state index in [0.29, 0.717) is 0 Å². The second-order valence-corrected chi connectivity index (χ2v) is 4.43. The summed E-state index contributed by atoms with van der Waals surface area (Å²) in [5.41, 5.74) is 0. The van der Waals surface area contributed by atoms with Crippen LogP contribution < -0.4 is 0 Å². The quantitative estimate of drug-likeness (QED) is 0.454. The lowest BCUT2D eigenvalue weighted by Crippen LogP contribution is -2.29. The third-order valence-corrected chi connectivity index (χ3v) is 2.63. The molecule has 0 bridgehead atoms. The van der Waals surface area contributed by atoms with Crippen LogP contribution in [0.15, 0.2) is 36.5 Å². The molecule has 0 aromatic heterocycles. The predicted molar refractivity (Wildman–Crippen MR) is 82.9 cm³/mol. The smallest absolute Gasteiger partial charge is 0.304 e. The van der Waals surface area contributed by atoms with Gasteiger partial charge in [0.05, 0.1) is 6.10 Å². The summed E-state index contributed by atoms with van der Waals surface area (Å²) >= 11 is 0. The molecule has 1 heterocycles. The maximum absolute atomic E-state index is 10.9. The minimum atomic E-state index is -0.420. The molecule has 0 spiro atoms. The summed E-state index contributed by atoms with van der Waals surface area (Å²) in [5.74, 6) is 10.7. The van der Waals surface area contributed by atoms with E-state index in [0.717, 1.165) is 19.3 Å². The van der Waals surface area contributed by atoms with Crippen LogP contribution >= 0.6 is 0 Å². The Hall–Kier alpha value is -2.23. The molecule has 0 aromatic rings. The molecule has 3 heteroatoms. The number of esters is 1. The van der Waals surface area contributed by atoms with Crippen LogP contribution in [0.3, 0.4) is 0 Å². The van der Waals surface area contributed by atoms with Crippen LogP contribution in [0.4, 0.5) is 0 Å². The number of carbonyl (C=O) groups excluding carboxylic acids is 1. The van der Waals surface area contributed by atoms with Crippen molar-refractivity contribution in [3.63, 3.8) is 0 Å². The summed E-state index contributed by atoms with van der Waals surface area (Å²) in [6.07, 6.45) is 13.2. The first-order valence-electron chi connectivity index (χ1n) is 7.00. The Labute approximate surface area is 126 Å². The zero-order valence-corrected chi connectivity index (χ0v) is 12.5. The summed E-state index contributed by atoms with van der Waals surface area (Å²) in [6.45, 7) is 3.30. The highest BCUT2D eigenvalue weighted by Gasteiger charge is 2.22. The number of hydrogen-bond acceptors (Lipinski definition) is 3. The first-order valence-corrected chi connectivity index (χ1v) is 7.00. The van der Waals surface area contributed by atoms with E-state index < -0.39 is 6.29 Å². The lowest BCUT2D eigenvalue weighted by atomic mass is 10.1. The van der Waals surface area contributed by atoms with E-state index in [1.54, 1.807) is 12.2 Å². The second kappa shape index (κ2) is 10.5. The molecule has 2 atom stereocenters. The van der Waals surface area contributed by atoms with Gasteiger partial charge in [-0.15, -0.1) is 0 Å². The number of allylic oxidation sites excluding steroid dienone is 5. The summed E-state index contributed by atoms with van der Waals surface area (Å²) in [5, 5.41) is 0. The maximum Gasteiger partial charge on any atom is 0.304 e. The molecule has 0 aliphatic carbocycles. The lowest BCUT2D eigenvalue weighted by molar-refractivity contribution is -0.193. The summed E-state index contributed by atoms with van der Waals surface area (Å²) < 4.78 is 10.7. The van der Waals surface area contributed by atoms with Gasteiger partial charge in [-0.3, -0.25) is 4.79 Å². The Morgan fingerprint density at radius 3 is 2.67 bits per heavy atom. The standard InChI is InChI=1S/C18H20O3/c1-3-4-5-6-7-8-9-10-11-13-17-14-12-15-18(21-17)20-16(2)19/h3-4,9-11,13,17-18H,12,14-15H2,1-2H3/b4-3+,10-9+,13-11+. The highest BCUT2D eigenvalue weighted by Crippen LogP contribution is 2.20. The second-order valence-electron chi connectivity index (χ2n) is 4.43. The zero-order chi connectivity index (χ0) is 15.3. The first-order chi connectivity index (χ1) is 10.2. The predicted octanol–water partition coefficient (Wildman–Crippen LogP) is 3.14. The average molecular weight is 284 g/mol. The molecule has 1 saturated heterocycles. The summed E-state index contributed by atoms with van der Waals surface area (Å²) in [4.78, 5) is 10.9. The molecule has 1 aliphatic rings. The number of hydrogen-bond donors (Lipinski definition) is 0. The van der Waals surface area contributed by atoms with Crippen molar-refractivity contribution in [2.45, 2.75) is 45.5 Å². The molecular formula is C18H20O3. The van der Waals surface area contributed by atoms with Crippen molar-refractivity contribution >= 4 is 5.97 Å². The van der Waals surface area contributed by atoms with Crippen LogP contribution in [0.25, 0.3) is 0 Å². The van der Waals surface area contributed by atoms with Crippen molar-refractivity contribution in [1.29, 1.82) is 0 Å². The molecule has 1 aliphatic heterocycles. The monoisotopic (exact) mass is 284 g/mol. The number of ether oxygens (including phenoxy) is 2. The lowest BCUT2D eigenvalue weighted by Gasteiger charge is -2.27. The first kappa shape index (κ1) is 16.8. The summed E-state index contributed by atoms with van der Waals surface area (Å²) in [6, 6.07) is 0. The molecular weight excluding hydrogens is 264 g/mol. The number of carbonyl (C=O) groups is 1. The van der Waals surface area contributed by atoms with E-state index in [4.69, 9.17) is 9.47 Å². The van der Waals surface area contributed by atoms with Crippen LogP contribution in [-0.2, 0) is 14.3 Å². The number of rotatable bonds is 3. The Bertz CT molecular complexity index is 532. The van der Waals surface area contributed by atoms with Crippen LogP contribution in [-0.4, -0.2) is 18.4 Å². The molecule has 3 nitrogen and oxygen atoms in total. The Balaban J connectivity index is 2.35. The topological polar surface area (TPSA) is 35.5 Å². The van der Waals surface area contributed by atoms with E-state index in [1.807, 2.05) is 31.2 Å². The Morgan fingerprint density at radius 2 is 1.95 bits per heavy atom. The van der Waals surface area contributed by atoms with Gasteiger partial charge >= 0.3 is 5.97 Å². The molecule has 0 saturated carbocycles. The van der Waals surface area contributed by atoms with Crippen molar-refractivity contribution in [3.05, 3.63) is 36.5 Å². The minimum absolute atomic E-state index is 0.0183. The molecule has 0 aromatic carbocycles. The molecule has 1 rings (SSSR count). The molecule has 0 amide bonds. The average Bonchev–Trinajstić information content (AvgIpc) is 2.45. The Morgan fingerprint density at radius 1 is 1.19 bits per heavy atom. The Kier molecular flexibility index (Phi) is 8.45. The summed E-state index contributed by atoms with van der Waals surface area (Å²) in [7, 11) is 0.